The number of nitrogens with one attached hydrogen (secondary N) is 1. The Morgan fingerprint density at radius 1 is 1.18 bits per heavy atom. The number of ether oxygens (including phenoxy) is 1. The number of hydrogen-bond donors (Lipinski definition) is 2. The minimum Gasteiger partial charge on any atom is -0.507 e. The van der Waals surface area contributed by atoms with Gasteiger partial charge in [0, 0.05) is 5.02 Å². The Kier molecular flexibility index (Phi) is 6.57. The van der Waals surface area contributed by atoms with E-state index in [4.69, 9.17) is 20.8 Å². The second kappa shape index (κ2) is 9.15. The van der Waals surface area contributed by atoms with E-state index in [9.17, 15) is 23.1 Å². The number of benzene rings is 2. The lowest BCUT2D eigenvalue weighted by Crippen LogP contribution is -3.11. The molecule has 0 aliphatic carbocycles. The normalized spacial score (nSPS) is 18.9. The summed E-state index contributed by atoms with van der Waals surface area (Å²) in [5.41, 5.74) is 0.166. The zero-order chi connectivity index (χ0) is 24.8. The average molecular weight is 497 g/mol. The van der Waals surface area contributed by atoms with Crippen LogP contribution in [0, 0.1) is 19.8 Å². The molecule has 2 heterocycles. The standard InChI is InChI=1S/C25H25ClF3NO4/c1-13-6-8-30(9-7-13)12-18-19(31)5-4-17-21(32)23(24(25(27,28)29)34-22(17)18)33-16-10-14(2)20(26)15(3)11-16/h4-5,10-11,13,31H,6-9,12H2,1-3H3/p+1. The molecule has 0 radical (unpaired) electrons. The van der Waals surface area contributed by atoms with Gasteiger partial charge in [0.1, 0.15) is 18.0 Å². The van der Waals surface area contributed by atoms with Crippen molar-refractivity contribution in [2.24, 2.45) is 5.92 Å². The van der Waals surface area contributed by atoms with E-state index >= 15 is 0 Å². The first-order valence-corrected chi connectivity index (χ1v) is 11.5. The van der Waals surface area contributed by atoms with Crippen molar-refractivity contribution in [3.8, 4) is 17.2 Å². The van der Waals surface area contributed by atoms with Crippen LogP contribution in [-0.4, -0.2) is 18.2 Å². The fourth-order valence-corrected chi connectivity index (χ4v) is 4.53. The van der Waals surface area contributed by atoms with Crippen LogP contribution in [0.4, 0.5) is 13.2 Å². The van der Waals surface area contributed by atoms with Crippen LogP contribution in [0.3, 0.4) is 0 Å². The van der Waals surface area contributed by atoms with Gasteiger partial charge in [0.2, 0.25) is 11.2 Å². The van der Waals surface area contributed by atoms with Gasteiger partial charge in [-0.3, -0.25) is 4.79 Å². The molecule has 182 valence electrons. The second-order valence-electron chi connectivity index (χ2n) is 9.11. The first kappa shape index (κ1) is 24.4. The number of likely N-dealkylation sites (tertiary alicyclic amines) is 1. The summed E-state index contributed by atoms with van der Waals surface area (Å²) in [6.07, 6.45) is -3.03. The molecule has 0 bridgehead atoms. The number of halogens is 4. The zero-order valence-electron chi connectivity index (χ0n) is 19.1. The first-order valence-electron chi connectivity index (χ1n) is 11.1. The van der Waals surface area contributed by atoms with Crippen molar-refractivity contribution in [3.05, 3.63) is 62.0 Å². The minimum atomic E-state index is -4.99. The first-order chi connectivity index (χ1) is 16.0. The Bertz CT molecular complexity index is 1270. The topological polar surface area (TPSA) is 64.1 Å². The Morgan fingerprint density at radius 2 is 1.79 bits per heavy atom. The summed E-state index contributed by atoms with van der Waals surface area (Å²) in [6.45, 7) is 7.44. The fraction of sp³-hybridized carbons (Fsp3) is 0.400. The summed E-state index contributed by atoms with van der Waals surface area (Å²) >= 11 is 6.14. The second-order valence-corrected chi connectivity index (χ2v) is 9.49. The molecule has 5 nitrogen and oxygen atoms in total. The molecule has 1 aliphatic rings. The summed E-state index contributed by atoms with van der Waals surface area (Å²) in [6, 6.07) is 5.50. The highest BCUT2D eigenvalue weighted by Crippen LogP contribution is 2.40. The van der Waals surface area contributed by atoms with Crippen molar-refractivity contribution in [1.29, 1.82) is 0 Å². The number of phenols is 1. The van der Waals surface area contributed by atoms with Crippen LogP contribution in [0.2, 0.25) is 5.02 Å². The van der Waals surface area contributed by atoms with Gasteiger partial charge in [-0.15, -0.1) is 0 Å². The van der Waals surface area contributed by atoms with Gasteiger partial charge in [-0.2, -0.15) is 13.2 Å². The number of piperidine rings is 1. The molecule has 4 rings (SSSR count). The molecule has 0 atom stereocenters. The molecule has 1 aliphatic heterocycles. The summed E-state index contributed by atoms with van der Waals surface area (Å²) in [5.74, 6) is -2.06. The van der Waals surface area contributed by atoms with Crippen LogP contribution in [-0.2, 0) is 12.7 Å². The van der Waals surface area contributed by atoms with Crippen LogP contribution >= 0.6 is 11.6 Å². The van der Waals surface area contributed by atoms with Crippen molar-refractivity contribution < 1.29 is 32.3 Å². The number of alkyl halides is 3. The van der Waals surface area contributed by atoms with Gasteiger partial charge in [0.25, 0.3) is 5.76 Å². The van der Waals surface area contributed by atoms with Gasteiger partial charge in [-0.25, -0.2) is 0 Å². The van der Waals surface area contributed by atoms with Crippen LogP contribution in [0.15, 0.2) is 33.5 Å². The Hall–Kier alpha value is -2.71. The molecular weight excluding hydrogens is 471 g/mol. The van der Waals surface area contributed by atoms with Crippen LogP contribution in [0.5, 0.6) is 17.2 Å². The molecule has 2 aromatic carbocycles. The Balaban J connectivity index is 1.85. The van der Waals surface area contributed by atoms with Gasteiger partial charge in [-0.1, -0.05) is 18.5 Å². The van der Waals surface area contributed by atoms with E-state index in [1.807, 2.05) is 0 Å². The van der Waals surface area contributed by atoms with E-state index in [1.54, 1.807) is 13.8 Å². The molecule has 3 aromatic rings. The van der Waals surface area contributed by atoms with Gasteiger partial charge in [0.15, 0.2) is 5.58 Å². The van der Waals surface area contributed by atoms with Crippen molar-refractivity contribution in [2.45, 2.75) is 46.3 Å². The predicted molar refractivity (Wildman–Crippen MR) is 123 cm³/mol. The third-order valence-electron chi connectivity index (χ3n) is 6.39. The zero-order valence-corrected chi connectivity index (χ0v) is 19.9. The maximum absolute atomic E-state index is 14.0. The van der Waals surface area contributed by atoms with Gasteiger partial charge >= 0.3 is 6.18 Å². The molecule has 1 aromatic heterocycles. The third-order valence-corrected chi connectivity index (χ3v) is 6.99. The number of rotatable bonds is 4. The van der Waals surface area contributed by atoms with Crippen LogP contribution in [0.25, 0.3) is 11.0 Å². The molecule has 0 amide bonds. The quantitative estimate of drug-likeness (QED) is 0.508. The van der Waals surface area contributed by atoms with E-state index in [2.05, 4.69) is 6.92 Å². The lowest BCUT2D eigenvalue weighted by molar-refractivity contribution is -0.919. The smallest absolute Gasteiger partial charge is 0.453 e. The highest BCUT2D eigenvalue weighted by molar-refractivity contribution is 6.32. The highest BCUT2D eigenvalue weighted by Gasteiger charge is 2.41. The lowest BCUT2D eigenvalue weighted by atomic mass is 9.98. The lowest BCUT2D eigenvalue weighted by Gasteiger charge is -2.27. The van der Waals surface area contributed by atoms with E-state index in [1.165, 1.54) is 24.3 Å². The van der Waals surface area contributed by atoms with Crippen LogP contribution < -0.4 is 15.1 Å². The molecule has 9 heteroatoms. The van der Waals surface area contributed by atoms with Crippen molar-refractivity contribution in [3.63, 3.8) is 0 Å². The molecule has 0 saturated carbocycles. The van der Waals surface area contributed by atoms with E-state index < -0.39 is 23.1 Å². The van der Waals surface area contributed by atoms with E-state index in [0.29, 0.717) is 22.1 Å². The summed E-state index contributed by atoms with van der Waals surface area (Å²) in [5, 5.41) is 10.8. The van der Waals surface area contributed by atoms with Crippen molar-refractivity contribution >= 4 is 22.6 Å². The summed E-state index contributed by atoms with van der Waals surface area (Å²) in [4.78, 5) is 14.4. The molecule has 1 fully saturated rings. The SMILES string of the molecule is Cc1cc(Oc2c(C(F)(F)F)oc3c(C[NH+]4CCC(C)CC4)c(O)ccc3c2=O)cc(C)c1Cl. The van der Waals surface area contributed by atoms with Gasteiger partial charge in [0.05, 0.1) is 24.0 Å². The number of hydrogen-bond acceptors (Lipinski definition) is 4. The number of fused-ring (bicyclic) bond motifs is 1. The van der Waals surface area contributed by atoms with Crippen molar-refractivity contribution in [2.75, 3.05) is 13.1 Å². The Morgan fingerprint density at radius 3 is 2.38 bits per heavy atom. The number of aromatic hydroxyl groups is 1. The average Bonchev–Trinajstić information content (AvgIpc) is 2.76. The number of aryl methyl sites for hydroxylation is 2. The van der Waals surface area contributed by atoms with Crippen molar-refractivity contribution in [1.82, 2.24) is 0 Å². The molecule has 0 unspecified atom stereocenters. The fourth-order valence-electron chi connectivity index (χ4n) is 4.42. The number of quaternary nitrogens is 1. The summed E-state index contributed by atoms with van der Waals surface area (Å²) < 4.78 is 52.8. The highest BCUT2D eigenvalue weighted by atomic mass is 35.5. The minimum absolute atomic E-state index is 0.0439. The van der Waals surface area contributed by atoms with Gasteiger partial charge in [-0.05, 0) is 68.0 Å². The summed E-state index contributed by atoms with van der Waals surface area (Å²) in [7, 11) is 0. The third kappa shape index (κ3) is 4.74. The molecule has 1 saturated heterocycles. The van der Waals surface area contributed by atoms with E-state index in [-0.39, 0.29) is 34.6 Å². The maximum Gasteiger partial charge on any atom is 0.453 e. The van der Waals surface area contributed by atoms with Crippen LogP contribution in [0.1, 0.15) is 42.2 Å². The Labute approximate surface area is 199 Å². The van der Waals surface area contributed by atoms with Gasteiger partial charge < -0.3 is 19.2 Å². The largest absolute Gasteiger partial charge is 0.507 e. The maximum atomic E-state index is 14.0. The van der Waals surface area contributed by atoms with E-state index in [0.717, 1.165) is 30.8 Å². The monoisotopic (exact) mass is 496 g/mol. The molecule has 0 spiro atoms. The number of phenolic OH excluding ortho intramolecular Hbond substituents is 1. The predicted octanol–water partition coefficient (Wildman–Crippen LogP) is 5.39. The molecule has 34 heavy (non-hydrogen) atoms. The molecule has 2 N–H and O–H groups in total. The molecular formula is C25H26ClF3NO4+.